The Morgan fingerprint density at radius 2 is 1.14 bits per heavy atom. The van der Waals surface area contributed by atoms with Crippen LogP contribution in [-0.2, 0) is 0 Å². The first-order valence-corrected chi connectivity index (χ1v) is 6.12. The summed E-state index contributed by atoms with van der Waals surface area (Å²) in [4.78, 5) is 0. The van der Waals surface area contributed by atoms with Gasteiger partial charge in [-0.25, -0.2) is 0 Å². The highest BCUT2D eigenvalue weighted by atomic mass is 14.5. The summed E-state index contributed by atoms with van der Waals surface area (Å²) < 4.78 is 0. The molecule has 84 valence electrons. The number of rotatable bonds is 2. The van der Waals surface area contributed by atoms with Gasteiger partial charge in [0, 0.05) is 0 Å². The predicted octanol–water partition coefficient (Wildman–Crippen LogP) is 5.03. The molecule has 1 aliphatic rings. The van der Waals surface area contributed by atoms with Gasteiger partial charge in [0.15, 0.2) is 0 Å². The Bertz CT molecular complexity index is 165. The molecule has 0 aromatic heterocycles. The molecule has 0 radical (unpaired) electrons. The summed E-state index contributed by atoms with van der Waals surface area (Å²) in [7, 11) is 0. The highest BCUT2D eigenvalue weighted by molar-refractivity contribution is 4.93. The van der Waals surface area contributed by atoms with Gasteiger partial charge in [-0.05, 0) is 41.9 Å². The monoisotopic (exact) mass is 196 g/mol. The summed E-state index contributed by atoms with van der Waals surface area (Å²) in [6.07, 6.45) is 7.24. The first-order chi connectivity index (χ1) is 6.12. The van der Waals surface area contributed by atoms with E-state index in [1.807, 2.05) is 0 Å². The third kappa shape index (κ3) is 3.63. The molecule has 1 rings (SSSR count). The van der Waals surface area contributed by atoms with Gasteiger partial charge in [0.05, 0.1) is 0 Å². The quantitative estimate of drug-likeness (QED) is 0.581. The van der Waals surface area contributed by atoms with Gasteiger partial charge in [0.2, 0.25) is 0 Å². The van der Waals surface area contributed by atoms with Gasteiger partial charge < -0.3 is 0 Å². The first kappa shape index (κ1) is 12.1. The maximum absolute atomic E-state index is 2.38. The minimum Gasteiger partial charge on any atom is -0.0602 e. The van der Waals surface area contributed by atoms with Crippen molar-refractivity contribution >= 4 is 0 Å². The zero-order valence-electron chi connectivity index (χ0n) is 11.0. The molecule has 0 aromatic rings. The van der Waals surface area contributed by atoms with Crippen molar-refractivity contribution in [2.45, 2.75) is 73.6 Å². The van der Waals surface area contributed by atoms with Gasteiger partial charge in [-0.1, -0.05) is 48.0 Å². The van der Waals surface area contributed by atoms with Crippen LogP contribution in [0.3, 0.4) is 0 Å². The van der Waals surface area contributed by atoms with E-state index in [2.05, 4.69) is 41.5 Å². The highest BCUT2D eigenvalue weighted by Crippen LogP contribution is 2.54. The highest BCUT2D eigenvalue weighted by Gasteiger charge is 2.42. The van der Waals surface area contributed by atoms with Crippen molar-refractivity contribution in [2.75, 3.05) is 0 Å². The minimum absolute atomic E-state index is 0.506. The van der Waals surface area contributed by atoms with Crippen LogP contribution in [0.1, 0.15) is 73.6 Å². The SMILES string of the molecule is CC(C)(C)CC1(CC(C)(C)C)CCC1. The average Bonchev–Trinajstić information content (AvgIpc) is 1.75. The molecule has 0 heterocycles. The Labute approximate surface area is 90.5 Å². The lowest BCUT2D eigenvalue weighted by molar-refractivity contribution is 0.0250. The molecule has 1 saturated carbocycles. The van der Waals surface area contributed by atoms with Crippen molar-refractivity contribution in [2.24, 2.45) is 16.2 Å². The fourth-order valence-corrected chi connectivity index (χ4v) is 3.34. The molecule has 0 spiro atoms. The van der Waals surface area contributed by atoms with E-state index in [0.717, 1.165) is 0 Å². The molecular formula is C14H28. The molecular weight excluding hydrogens is 168 g/mol. The van der Waals surface area contributed by atoms with Crippen LogP contribution < -0.4 is 0 Å². The van der Waals surface area contributed by atoms with Gasteiger partial charge in [-0.3, -0.25) is 0 Å². The summed E-state index contributed by atoms with van der Waals surface area (Å²) in [5.74, 6) is 0. The fraction of sp³-hybridized carbons (Fsp3) is 1.00. The van der Waals surface area contributed by atoms with Crippen LogP contribution in [0.4, 0.5) is 0 Å². The lowest BCUT2D eigenvalue weighted by Gasteiger charge is -2.49. The normalized spacial score (nSPS) is 21.9. The molecule has 0 atom stereocenters. The lowest BCUT2D eigenvalue weighted by atomic mass is 9.56. The van der Waals surface area contributed by atoms with E-state index < -0.39 is 0 Å². The molecule has 0 aliphatic heterocycles. The van der Waals surface area contributed by atoms with Gasteiger partial charge in [0.1, 0.15) is 0 Å². The van der Waals surface area contributed by atoms with Gasteiger partial charge in [-0.2, -0.15) is 0 Å². The van der Waals surface area contributed by atoms with Crippen molar-refractivity contribution in [3.8, 4) is 0 Å². The van der Waals surface area contributed by atoms with E-state index in [1.165, 1.54) is 32.1 Å². The maximum atomic E-state index is 2.38. The molecule has 1 aliphatic carbocycles. The van der Waals surface area contributed by atoms with Crippen LogP contribution in [0, 0.1) is 16.2 Å². The number of hydrogen-bond acceptors (Lipinski definition) is 0. The van der Waals surface area contributed by atoms with E-state index in [-0.39, 0.29) is 0 Å². The average molecular weight is 196 g/mol. The molecule has 0 heteroatoms. The maximum Gasteiger partial charge on any atom is -0.0288 e. The Balaban J connectivity index is 2.59. The van der Waals surface area contributed by atoms with Gasteiger partial charge >= 0.3 is 0 Å². The van der Waals surface area contributed by atoms with E-state index in [1.54, 1.807) is 0 Å². The molecule has 0 amide bonds. The second-order valence-corrected chi connectivity index (χ2v) is 7.83. The van der Waals surface area contributed by atoms with Gasteiger partial charge in [0.25, 0.3) is 0 Å². The second-order valence-electron chi connectivity index (χ2n) is 7.83. The zero-order valence-corrected chi connectivity index (χ0v) is 11.0. The first-order valence-electron chi connectivity index (χ1n) is 6.12. The second kappa shape index (κ2) is 3.54. The van der Waals surface area contributed by atoms with Crippen LogP contribution in [0.15, 0.2) is 0 Å². The molecule has 1 fully saturated rings. The van der Waals surface area contributed by atoms with E-state index >= 15 is 0 Å². The molecule has 0 aromatic carbocycles. The third-order valence-electron chi connectivity index (χ3n) is 3.22. The van der Waals surface area contributed by atoms with Crippen molar-refractivity contribution < 1.29 is 0 Å². The largest absolute Gasteiger partial charge is 0.0602 e. The zero-order chi connectivity index (χ0) is 11.0. The van der Waals surface area contributed by atoms with Crippen LogP contribution in [0.2, 0.25) is 0 Å². The van der Waals surface area contributed by atoms with E-state index in [0.29, 0.717) is 16.2 Å². The standard InChI is InChI=1S/C14H28/c1-12(2,3)10-14(8-7-9-14)11-13(4,5)6/h7-11H2,1-6H3. The van der Waals surface area contributed by atoms with Crippen LogP contribution >= 0.6 is 0 Å². The summed E-state index contributed by atoms with van der Waals surface area (Å²) in [5.41, 5.74) is 1.70. The van der Waals surface area contributed by atoms with Gasteiger partial charge in [-0.15, -0.1) is 0 Å². The predicted molar refractivity (Wildman–Crippen MR) is 64.4 cm³/mol. The summed E-state index contributed by atoms with van der Waals surface area (Å²) in [6.45, 7) is 14.3. The Morgan fingerprint density at radius 3 is 1.29 bits per heavy atom. The van der Waals surface area contributed by atoms with E-state index in [4.69, 9.17) is 0 Å². The van der Waals surface area contributed by atoms with Crippen LogP contribution in [0.25, 0.3) is 0 Å². The minimum atomic E-state index is 0.506. The third-order valence-corrected chi connectivity index (χ3v) is 3.22. The Kier molecular flexibility index (Phi) is 3.05. The molecule has 14 heavy (non-hydrogen) atoms. The Hall–Kier alpha value is 0. The Morgan fingerprint density at radius 1 is 0.786 bits per heavy atom. The molecule has 0 bridgehead atoms. The van der Waals surface area contributed by atoms with Crippen molar-refractivity contribution in [3.63, 3.8) is 0 Å². The van der Waals surface area contributed by atoms with Crippen molar-refractivity contribution in [1.82, 2.24) is 0 Å². The summed E-state index contributed by atoms with van der Waals surface area (Å²) in [5, 5.41) is 0. The molecule has 0 unspecified atom stereocenters. The van der Waals surface area contributed by atoms with Crippen molar-refractivity contribution in [3.05, 3.63) is 0 Å². The summed E-state index contributed by atoms with van der Waals surface area (Å²) >= 11 is 0. The van der Waals surface area contributed by atoms with E-state index in [9.17, 15) is 0 Å². The topological polar surface area (TPSA) is 0 Å². The number of hydrogen-bond donors (Lipinski definition) is 0. The lowest BCUT2D eigenvalue weighted by Crippen LogP contribution is -2.37. The summed E-state index contributed by atoms with van der Waals surface area (Å²) in [6, 6.07) is 0. The molecule has 0 saturated heterocycles. The molecule has 0 N–H and O–H groups in total. The molecule has 0 nitrogen and oxygen atoms in total. The van der Waals surface area contributed by atoms with Crippen molar-refractivity contribution in [1.29, 1.82) is 0 Å². The fourth-order valence-electron chi connectivity index (χ4n) is 3.34. The van der Waals surface area contributed by atoms with Crippen LogP contribution in [-0.4, -0.2) is 0 Å². The van der Waals surface area contributed by atoms with Crippen LogP contribution in [0.5, 0.6) is 0 Å². The smallest absolute Gasteiger partial charge is 0.0288 e.